The van der Waals surface area contributed by atoms with Crippen molar-refractivity contribution in [2.24, 2.45) is 0 Å². The molecule has 1 heterocycles. The maximum atomic E-state index is 11.8. The molecular formula is C17H22O6. The van der Waals surface area contributed by atoms with Gasteiger partial charge in [0.25, 0.3) is 0 Å². The lowest BCUT2D eigenvalue weighted by molar-refractivity contribution is -0.153. The zero-order chi connectivity index (χ0) is 17.2. The number of esters is 2. The number of rotatable bonds is 3. The van der Waals surface area contributed by atoms with Gasteiger partial charge in [-0.25, -0.2) is 4.79 Å². The smallest absolute Gasteiger partial charge is 0.350 e. The van der Waals surface area contributed by atoms with Crippen LogP contribution in [0.15, 0.2) is 12.1 Å². The summed E-state index contributed by atoms with van der Waals surface area (Å²) >= 11 is 0. The van der Waals surface area contributed by atoms with Gasteiger partial charge in [-0.1, -0.05) is 20.8 Å². The van der Waals surface area contributed by atoms with Gasteiger partial charge in [0.2, 0.25) is 6.10 Å². The summed E-state index contributed by atoms with van der Waals surface area (Å²) in [6.45, 7) is 9.40. The van der Waals surface area contributed by atoms with Gasteiger partial charge in [0.05, 0.1) is 6.61 Å². The third-order valence-electron chi connectivity index (χ3n) is 3.32. The SMILES string of the molecule is CCOC(=O)C1COc2cc(OC(C)=O)c(C(C)(C)C)cc2O1. The van der Waals surface area contributed by atoms with Crippen LogP contribution in [0.5, 0.6) is 17.2 Å². The summed E-state index contributed by atoms with van der Waals surface area (Å²) in [5.74, 6) is 0.447. The van der Waals surface area contributed by atoms with E-state index >= 15 is 0 Å². The number of benzene rings is 1. The molecule has 6 heteroatoms. The molecule has 0 radical (unpaired) electrons. The van der Waals surface area contributed by atoms with Crippen molar-refractivity contribution in [2.45, 2.75) is 46.1 Å². The van der Waals surface area contributed by atoms with Crippen LogP contribution in [0.3, 0.4) is 0 Å². The lowest BCUT2D eigenvalue weighted by Gasteiger charge is -2.29. The second-order valence-electron chi connectivity index (χ2n) is 6.31. The van der Waals surface area contributed by atoms with Gasteiger partial charge < -0.3 is 18.9 Å². The second-order valence-corrected chi connectivity index (χ2v) is 6.31. The third kappa shape index (κ3) is 3.94. The lowest BCUT2D eigenvalue weighted by Crippen LogP contribution is -2.38. The van der Waals surface area contributed by atoms with E-state index in [2.05, 4.69) is 0 Å². The monoisotopic (exact) mass is 322 g/mol. The summed E-state index contributed by atoms with van der Waals surface area (Å²) in [6, 6.07) is 3.37. The highest BCUT2D eigenvalue weighted by Gasteiger charge is 2.31. The third-order valence-corrected chi connectivity index (χ3v) is 3.32. The molecule has 0 bridgehead atoms. The first-order valence-corrected chi connectivity index (χ1v) is 7.55. The standard InChI is InChI=1S/C17H22O6/c1-6-20-16(19)15-9-21-13-8-12(22-10(2)18)11(17(3,4)5)7-14(13)23-15/h7-8,15H,6,9H2,1-5H3. The lowest BCUT2D eigenvalue weighted by atomic mass is 9.86. The van der Waals surface area contributed by atoms with E-state index in [9.17, 15) is 9.59 Å². The summed E-state index contributed by atoms with van der Waals surface area (Å²) in [5.41, 5.74) is 0.514. The molecule has 0 saturated heterocycles. The Labute approximate surface area is 135 Å². The van der Waals surface area contributed by atoms with E-state index in [0.717, 1.165) is 5.56 Å². The van der Waals surface area contributed by atoms with Crippen LogP contribution in [0.2, 0.25) is 0 Å². The average Bonchev–Trinajstić information content (AvgIpc) is 2.44. The quantitative estimate of drug-likeness (QED) is 0.629. The molecule has 0 fully saturated rings. The van der Waals surface area contributed by atoms with Crippen LogP contribution in [0.25, 0.3) is 0 Å². The van der Waals surface area contributed by atoms with Crippen molar-refractivity contribution in [1.82, 2.24) is 0 Å². The molecule has 1 aliphatic heterocycles. The van der Waals surface area contributed by atoms with Crippen molar-refractivity contribution in [3.63, 3.8) is 0 Å². The molecule has 6 nitrogen and oxygen atoms in total. The van der Waals surface area contributed by atoms with Crippen molar-refractivity contribution in [3.8, 4) is 17.2 Å². The number of hydrogen-bond acceptors (Lipinski definition) is 6. The number of fused-ring (bicyclic) bond motifs is 1. The first-order chi connectivity index (χ1) is 10.7. The predicted octanol–water partition coefficient (Wildman–Crippen LogP) is 2.61. The molecule has 1 aromatic carbocycles. The van der Waals surface area contributed by atoms with E-state index in [4.69, 9.17) is 18.9 Å². The highest BCUT2D eigenvalue weighted by Crippen LogP contribution is 2.42. The van der Waals surface area contributed by atoms with Gasteiger partial charge in [-0.15, -0.1) is 0 Å². The van der Waals surface area contributed by atoms with E-state index in [0.29, 0.717) is 17.2 Å². The van der Waals surface area contributed by atoms with E-state index in [-0.39, 0.29) is 18.6 Å². The Hall–Kier alpha value is -2.24. The van der Waals surface area contributed by atoms with Crippen molar-refractivity contribution in [2.75, 3.05) is 13.2 Å². The molecule has 126 valence electrons. The minimum atomic E-state index is -0.796. The van der Waals surface area contributed by atoms with E-state index < -0.39 is 18.0 Å². The maximum Gasteiger partial charge on any atom is 0.350 e. The first kappa shape index (κ1) is 17.1. The maximum absolute atomic E-state index is 11.8. The molecule has 1 unspecified atom stereocenters. The Morgan fingerprint density at radius 1 is 1.26 bits per heavy atom. The van der Waals surface area contributed by atoms with Crippen LogP contribution in [-0.4, -0.2) is 31.3 Å². The van der Waals surface area contributed by atoms with Gasteiger partial charge in [-0.2, -0.15) is 0 Å². The Morgan fingerprint density at radius 2 is 1.96 bits per heavy atom. The molecule has 0 saturated carbocycles. The van der Waals surface area contributed by atoms with E-state index in [1.54, 1.807) is 19.1 Å². The Morgan fingerprint density at radius 3 is 2.52 bits per heavy atom. The molecule has 0 spiro atoms. The zero-order valence-corrected chi connectivity index (χ0v) is 14.1. The highest BCUT2D eigenvalue weighted by molar-refractivity contribution is 5.76. The van der Waals surface area contributed by atoms with Crippen LogP contribution in [0.4, 0.5) is 0 Å². The second kappa shape index (κ2) is 6.48. The molecule has 0 aromatic heterocycles. The van der Waals surface area contributed by atoms with Gasteiger partial charge in [0.1, 0.15) is 12.4 Å². The number of hydrogen-bond donors (Lipinski definition) is 0. The molecule has 2 rings (SSSR count). The number of ether oxygens (including phenoxy) is 4. The van der Waals surface area contributed by atoms with Crippen molar-refractivity contribution in [1.29, 1.82) is 0 Å². The fourth-order valence-electron chi connectivity index (χ4n) is 2.28. The van der Waals surface area contributed by atoms with Crippen LogP contribution in [0, 0.1) is 0 Å². The first-order valence-electron chi connectivity index (χ1n) is 7.55. The highest BCUT2D eigenvalue weighted by atomic mass is 16.6. The molecular weight excluding hydrogens is 300 g/mol. The topological polar surface area (TPSA) is 71.1 Å². The predicted molar refractivity (Wildman–Crippen MR) is 83.0 cm³/mol. The van der Waals surface area contributed by atoms with Crippen molar-refractivity contribution >= 4 is 11.9 Å². The minimum Gasteiger partial charge on any atom is -0.485 e. The molecule has 1 aromatic rings. The normalized spacial score (nSPS) is 16.7. The van der Waals surface area contributed by atoms with Crippen molar-refractivity contribution < 1.29 is 28.5 Å². The summed E-state index contributed by atoms with van der Waals surface area (Å²) in [6.07, 6.45) is -0.796. The van der Waals surface area contributed by atoms with E-state index in [1.165, 1.54) is 6.92 Å². The van der Waals surface area contributed by atoms with Crippen molar-refractivity contribution in [3.05, 3.63) is 17.7 Å². The number of carbonyl (C=O) groups excluding carboxylic acids is 2. The van der Waals surface area contributed by atoms with Crippen LogP contribution >= 0.6 is 0 Å². The Bertz CT molecular complexity index is 614. The summed E-state index contributed by atoms with van der Waals surface area (Å²) in [4.78, 5) is 23.1. The molecule has 0 N–H and O–H groups in total. The zero-order valence-electron chi connectivity index (χ0n) is 14.1. The molecule has 1 aliphatic rings. The number of carbonyl (C=O) groups is 2. The Balaban J connectivity index is 2.37. The van der Waals surface area contributed by atoms with Gasteiger partial charge >= 0.3 is 11.9 Å². The van der Waals surface area contributed by atoms with Crippen LogP contribution in [-0.2, 0) is 19.7 Å². The van der Waals surface area contributed by atoms with Crippen LogP contribution < -0.4 is 14.2 Å². The largest absolute Gasteiger partial charge is 0.485 e. The molecule has 0 amide bonds. The average molecular weight is 322 g/mol. The molecule has 23 heavy (non-hydrogen) atoms. The van der Waals surface area contributed by atoms with Gasteiger partial charge in [-0.3, -0.25) is 4.79 Å². The molecule has 0 aliphatic carbocycles. The summed E-state index contributed by atoms with van der Waals surface area (Å²) < 4.78 is 21.5. The Kier molecular flexibility index (Phi) is 4.82. The minimum absolute atomic E-state index is 0.0558. The summed E-state index contributed by atoms with van der Waals surface area (Å²) in [7, 11) is 0. The van der Waals surface area contributed by atoms with Gasteiger partial charge in [0.15, 0.2) is 11.5 Å². The molecule has 1 atom stereocenters. The van der Waals surface area contributed by atoms with Crippen LogP contribution in [0.1, 0.15) is 40.2 Å². The fraction of sp³-hybridized carbons (Fsp3) is 0.529. The van der Waals surface area contributed by atoms with Gasteiger partial charge in [-0.05, 0) is 18.4 Å². The fourth-order valence-corrected chi connectivity index (χ4v) is 2.28. The van der Waals surface area contributed by atoms with E-state index in [1.807, 2.05) is 20.8 Å². The van der Waals surface area contributed by atoms with Gasteiger partial charge in [0, 0.05) is 18.6 Å². The summed E-state index contributed by atoms with van der Waals surface area (Å²) in [5, 5.41) is 0.